The van der Waals surface area contributed by atoms with Crippen molar-refractivity contribution in [1.82, 2.24) is 0 Å². The van der Waals surface area contributed by atoms with E-state index < -0.39 is 0 Å². The molecule has 0 heterocycles. The summed E-state index contributed by atoms with van der Waals surface area (Å²) in [5.41, 5.74) is 1.64. The Morgan fingerprint density at radius 3 is 1.30 bits per heavy atom. The molecule has 13 heteroatoms. The number of benzene rings is 1. The van der Waals surface area contributed by atoms with Crippen LogP contribution in [0.5, 0.6) is 11.5 Å². The van der Waals surface area contributed by atoms with Crippen molar-refractivity contribution in [2.45, 2.75) is 0 Å². The van der Waals surface area contributed by atoms with E-state index in [-0.39, 0.29) is 67.9 Å². The fraction of sp³-hybridized carbons (Fsp3) is 0.583. The first-order valence-corrected chi connectivity index (χ1v) is 11.1. The molecule has 0 unspecified atom stereocenters. The lowest BCUT2D eigenvalue weighted by molar-refractivity contribution is -0.231. The topological polar surface area (TPSA) is 120 Å². The van der Waals surface area contributed by atoms with Crippen LogP contribution in [-0.2, 0) is 52.1 Å². The van der Waals surface area contributed by atoms with Crippen LogP contribution in [-0.4, -0.2) is 95.4 Å². The zero-order chi connectivity index (χ0) is 26.8. The smallest absolute Gasteiger partial charge is 0.152 e. The van der Waals surface area contributed by atoms with Crippen molar-refractivity contribution < 1.29 is 61.6 Å². The zero-order valence-electron chi connectivity index (χ0n) is 21.5. The molecule has 1 rings (SSSR count). The van der Waals surface area contributed by atoms with Gasteiger partial charge in [0.2, 0.25) is 0 Å². The Morgan fingerprint density at radius 2 is 0.892 bits per heavy atom. The Balaban J connectivity index is 1.85. The Morgan fingerprint density at radius 1 is 0.514 bits per heavy atom. The maximum absolute atomic E-state index is 5.76. The molecule has 0 bridgehead atoms. The van der Waals surface area contributed by atoms with Crippen LogP contribution in [0.1, 0.15) is 11.1 Å². The number of hydrogen-bond acceptors (Lipinski definition) is 13. The Bertz CT molecular complexity index is 701. The molecular formula is C24H38O13. The summed E-state index contributed by atoms with van der Waals surface area (Å²) in [7, 11) is 3.12. The van der Waals surface area contributed by atoms with Gasteiger partial charge in [-0.15, -0.1) is 0 Å². The maximum atomic E-state index is 5.76. The van der Waals surface area contributed by atoms with Gasteiger partial charge in [-0.2, -0.15) is 0 Å². The van der Waals surface area contributed by atoms with Crippen LogP contribution in [0, 0.1) is 0 Å². The van der Waals surface area contributed by atoms with Crippen molar-refractivity contribution in [1.29, 1.82) is 0 Å². The molecule has 0 fully saturated rings. The summed E-state index contributed by atoms with van der Waals surface area (Å²) in [4.78, 5) is 0. The highest BCUT2D eigenvalue weighted by Gasteiger charge is 2.08. The van der Waals surface area contributed by atoms with Crippen molar-refractivity contribution in [2.24, 2.45) is 0 Å². The van der Waals surface area contributed by atoms with Crippen LogP contribution < -0.4 is 9.47 Å². The third-order valence-electron chi connectivity index (χ3n) is 3.99. The first-order valence-electron chi connectivity index (χ1n) is 11.1. The molecule has 212 valence electrons. The highest BCUT2D eigenvalue weighted by molar-refractivity contribution is 5.66. The van der Waals surface area contributed by atoms with Gasteiger partial charge < -0.3 is 61.6 Å². The van der Waals surface area contributed by atoms with Gasteiger partial charge in [0.1, 0.15) is 31.7 Å². The van der Waals surface area contributed by atoms with E-state index >= 15 is 0 Å². The molecule has 0 amide bonds. The van der Waals surface area contributed by atoms with E-state index in [0.29, 0.717) is 24.7 Å². The highest BCUT2D eigenvalue weighted by Crippen LogP contribution is 2.30. The SMILES string of the molecule is C=Cc1cc(OCCOCOCOCOCOCOCOCOCOCOCOC)c(C=C)cc1OC. The second-order valence-electron chi connectivity index (χ2n) is 6.60. The summed E-state index contributed by atoms with van der Waals surface area (Å²) in [6.07, 6.45) is 3.39. The molecule has 0 aliphatic heterocycles. The van der Waals surface area contributed by atoms with Crippen molar-refractivity contribution >= 4 is 12.2 Å². The summed E-state index contributed by atoms with van der Waals surface area (Å²) in [5, 5.41) is 0. The van der Waals surface area contributed by atoms with E-state index in [1.54, 1.807) is 19.3 Å². The lowest BCUT2D eigenvalue weighted by Gasteiger charge is -2.13. The third-order valence-corrected chi connectivity index (χ3v) is 3.99. The quantitative estimate of drug-likeness (QED) is 0.122. The number of ether oxygens (including phenoxy) is 13. The van der Waals surface area contributed by atoms with E-state index in [9.17, 15) is 0 Å². The Kier molecular flexibility index (Phi) is 21.5. The van der Waals surface area contributed by atoms with Crippen LogP contribution in [0.15, 0.2) is 25.3 Å². The second-order valence-corrected chi connectivity index (χ2v) is 6.60. The Hall–Kier alpha value is -2.14. The van der Waals surface area contributed by atoms with Gasteiger partial charge in [-0.25, -0.2) is 0 Å². The van der Waals surface area contributed by atoms with Crippen LogP contribution in [0.4, 0.5) is 0 Å². The molecule has 0 radical (unpaired) electrons. The van der Waals surface area contributed by atoms with Crippen molar-refractivity contribution in [3.05, 3.63) is 36.4 Å². The van der Waals surface area contributed by atoms with Gasteiger partial charge in [-0.1, -0.05) is 25.3 Å². The van der Waals surface area contributed by atoms with Crippen LogP contribution in [0.25, 0.3) is 12.2 Å². The van der Waals surface area contributed by atoms with Gasteiger partial charge in [0.05, 0.1) is 13.7 Å². The normalized spacial score (nSPS) is 11.0. The van der Waals surface area contributed by atoms with Crippen molar-refractivity contribution in [3.63, 3.8) is 0 Å². The minimum atomic E-state index is -0.0225. The van der Waals surface area contributed by atoms with Gasteiger partial charge in [-0.05, 0) is 12.1 Å². The van der Waals surface area contributed by atoms with E-state index in [2.05, 4.69) is 17.9 Å². The van der Waals surface area contributed by atoms with Crippen LogP contribution in [0.2, 0.25) is 0 Å². The van der Waals surface area contributed by atoms with E-state index in [1.807, 2.05) is 12.1 Å². The van der Waals surface area contributed by atoms with E-state index in [0.717, 1.165) is 11.1 Å². The fourth-order valence-electron chi connectivity index (χ4n) is 2.40. The van der Waals surface area contributed by atoms with E-state index in [1.165, 1.54) is 7.11 Å². The minimum absolute atomic E-state index is 0.000835. The van der Waals surface area contributed by atoms with Crippen LogP contribution in [0.3, 0.4) is 0 Å². The molecule has 0 N–H and O–H groups in total. The lowest BCUT2D eigenvalue weighted by Crippen LogP contribution is -2.13. The zero-order valence-corrected chi connectivity index (χ0v) is 21.5. The second kappa shape index (κ2) is 24.2. The lowest BCUT2D eigenvalue weighted by atomic mass is 10.1. The Labute approximate surface area is 217 Å². The van der Waals surface area contributed by atoms with Gasteiger partial charge in [0.25, 0.3) is 0 Å². The largest absolute Gasteiger partial charge is 0.496 e. The molecule has 0 saturated carbocycles. The number of hydrogen-bond donors (Lipinski definition) is 0. The average molecular weight is 535 g/mol. The molecule has 0 spiro atoms. The first kappa shape index (κ1) is 32.9. The molecule has 1 aromatic carbocycles. The van der Waals surface area contributed by atoms with Crippen molar-refractivity contribution in [3.8, 4) is 11.5 Å². The van der Waals surface area contributed by atoms with Crippen LogP contribution >= 0.6 is 0 Å². The molecule has 13 nitrogen and oxygen atoms in total. The molecule has 0 aliphatic rings. The summed E-state index contributed by atoms with van der Waals surface area (Å²) < 4.78 is 66.5. The molecule has 0 saturated heterocycles. The minimum Gasteiger partial charge on any atom is -0.496 e. The third kappa shape index (κ3) is 17.1. The van der Waals surface area contributed by atoms with Gasteiger partial charge in [0, 0.05) is 18.2 Å². The average Bonchev–Trinajstić information content (AvgIpc) is 2.92. The molecule has 1 aromatic rings. The standard InChI is InChI=1S/C24H38O13/c1-5-21-10-24(22(6-2)9-23(21)26-4)37-8-7-27-12-29-14-31-16-33-18-35-20-36-19-34-17-32-15-30-13-28-11-25-3/h5-6,9-10H,1-2,7-8,11-20H2,3-4H3. The molecule has 37 heavy (non-hydrogen) atoms. The van der Waals surface area contributed by atoms with Gasteiger partial charge in [-0.3, -0.25) is 0 Å². The van der Waals surface area contributed by atoms with Crippen molar-refractivity contribution in [2.75, 3.05) is 95.4 Å². The molecule has 0 aromatic heterocycles. The maximum Gasteiger partial charge on any atom is 0.152 e. The predicted octanol–water partition coefficient (Wildman–Crippen LogP) is 2.75. The first-order chi connectivity index (χ1) is 18.3. The highest BCUT2D eigenvalue weighted by atomic mass is 16.8. The number of methoxy groups -OCH3 is 2. The summed E-state index contributed by atoms with van der Waals surface area (Å²) >= 11 is 0. The summed E-state index contributed by atoms with van der Waals surface area (Å²) in [6, 6.07) is 3.68. The summed E-state index contributed by atoms with van der Waals surface area (Å²) in [5.74, 6) is 1.36. The predicted molar refractivity (Wildman–Crippen MR) is 130 cm³/mol. The summed E-state index contributed by atoms with van der Waals surface area (Å²) in [6.45, 7) is 8.43. The van der Waals surface area contributed by atoms with Gasteiger partial charge >= 0.3 is 0 Å². The van der Waals surface area contributed by atoms with Gasteiger partial charge in [0.15, 0.2) is 54.3 Å². The van der Waals surface area contributed by atoms with E-state index in [4.69, 9.17) is 56.8 Å². The number of rotatable bonds is 27. The fourth-order valence-corrected chi connectivity index (χ4v) is 2.40. The molecule has 0 aliphatic carbocycles. The molecule has 0 atom stereocenters. The monoisotopic (exact) mass is 534 g/mol. The molecular weight excluding hydrogens is 496 g/mol.